The van der Waals surface area contributed by atoms with Crippen molar-refractivity contribution in [3.05, 3.63) is 71.8 Å². The van der Waals surface area contributed by atoms with Crippen LogP contribution in [0.25, 0.3) is 0 Å². The van der Waals surface area contributed by atoms with E-state index in [1.54, 1.807) is 24.3 Å². The lowest BCUT2D eigenvalue weighted by Gasteiger charge is -2.14. The zero-order chi connectivity index (χ0) is 16.5. The summed E-state index contributed by atoms with van der Waals surface area (Å²) in [5, 5.41) is 11.9. The first-order valence-corrected chi connectivity index (χ1v) is 7.78. The van der Waals surface area contributed by atoms with Gasteiger partial charge < -0.3 is 10.4 Å². The fourth-order valence-electron chi connectivity index (χ4n) is 2.43. The first kappa shape index (κ1) is 16.7. The lowest BCUT2D eigenvalue weighted by atomic mass is 10.1. The van der Waals surface area contributed by atoms with Gasteiger partial charge in [-0.1, -0.05) is 60.7 Å². The highest BCUT2D eigenvalue weighted by atomic mass is 16.4. The van der Waals surface area contributed by atoms with Crippen LogP contribution in [-0.4, -0.2) is 17.0 Å². The van der Waals surface area contributed by atoms with E-state index in [4.69, 9.17) is 0 Å². The Bertz CT molecular complexity index is 626. The van der Waals surface area contributed by atoms with Gasteiger partial charge in [0, 0.05) is 6.42 Å². The van der Waals surface area contributed by atoms with Crippen LogP contribution in [0.4, 0.5) is 0 Å². The van der Waals surface area contributed by atoms with Gasteiger partial charge in [-0.15, -0.1) is 0 Å². The highest BCUT2D eigenvalue weighted by molar-refractivity contribution is 5.84. The Labute approximate surface area is 136 Å². The third-order valence-electron chi connectivity index (χ3n) is 3.65. The van der Waals surface area contributed by atoms with Crippen LogP contribution in [0.3, 0.4) is 0 Å². The number of carboxylic acid groups (broad SMARTS) is 1. The smallest absolute Gasteiger partial charge is 0.330 e. The van der Waals surface area contributed by atoms with E-state index in [9.17, 15) is 14.7 Å². The lowest BCUT2D eigenvalue weighted by Crippen LogP contribution is -2.33. The second kappa shape index (κ2) is 8.73. The molecule has 2 aromatic carbocycles. The molecule has 0 bridgehead atoms. The van der Waals surface area contributed by atoms with Gasteiger partial charge in [-0.2, -0.15) is 0 Å². The second-order valence-corrected chi connectivity index (χ2v) is 5.44. The molecule has 0 saturated heterocycles. The summed E-state index contributed by atoms with van der Waals surface area (Å²) in [5.41, 5.74) is 1.83. The average molecular weight is 311 g/mol. The number of aryl methyl sites for hydroxylation is 1. The minimum Gasteiger partial charge on any atom is -0.479 e. The van der Waals surface area contributed by atoms with Crippen LogP contribution >= 0.6 is 0 Å². The van der Waals surface area contributed by atoms with Crippen LogP contribution in [0.15, 0.2) is 60.7 Å². The number of benzene rings is 2. The molecule has 0 aliphatic heterocycles. The largest absolute Gasteiger partial charge is 0.479 e. The molecule has 2 N–H and O–H groups in total. The summed E-state index contributed by atoms with van der Waals surface area (Å²) in [6, 6.07) is 17.9. The number of nitrogens with one attached hydrogen (secondary N) is 1. The van der Waals surface area contributed by atoms with Gasteiger partial charge in [0.25, 0.3) is 0 Å². The van der Waals surface area contributed by atoms with E-state index in [2.05, 4.69) is 17.4 Å². The molecule has 1 atom stereocenters. The Morgan fingerprint density at radius 3 is 2.13 bits per heavy atom. The molecule has 1 amide bonds. The Balaban J connectivity index is 1.77. The monoisotopic (exact) mass is 311 g/mol. The maximum atomic E-state index is 12.0. The molecule has 1 unspecified atom stereocenters. The van der Waals surface area contributed by atoms with E-state index < -0.39 is 12.0 Å². The van der Waals surface area contributed by atoms with Crippen LogP contribution in [-0.2, 0) is 16.0 Å². The quantitative estimate of drug-likeness (QED) is 0.735. The SMILES string of the molecule is O=C(CCCCc1ccccc1)NC(C(=O)O)c1ccccc1. The van der Waals surface area contributed by atoms with Gasteiger partial charge in [0.2, 0.25) is 5.91 Å². The molecule has 4 heteroatoms. The molecule has 0 aliphatic rings. The molecule has 0 spiro atoms. The maximum absolute atomic E-state index is 12.0. The molecule has 120 valence electrons. The summed E-state index contributed by atoms with van der Waals surface area (Å²) in [5.74, 6) is -1.27. The first-order chi connectivity index (χ1) is 11.2. The number of carbonyl (C=O) groups excluding carboxylic acids is 1. The van der Waals surface area contributed by atoms with Crippen LogP contribution in [0.1, 0.15) is 36.4 Å². The third-order valence-corrected chi connectivity index (χ3v) is 3.65. The Hall–Kier alpha value is -2.62. The van der Waals surface area contributed by atoms with Crippen molar-refractivity contribution in [1.82, 2.24) is 5.32 Å². The number of amides is 1. The minimum atomic E-state index is -1.05. The minimum absolute atomic E-state index is 0.227. The summed E-state index contributed by atoms with van der Waals surface area (Å²) in [6.07, 6.45) is 2.90. The standard InChI is InChI=1S/C19H21NO3/c21-17(14-8-7-11-15-9-3-1-4-10-15)20-18(19(22)23)16-12-5-2-6-13-16/h1-6,9-10,12-13,18H,7-8,11,14H2,(H,20,21)(H,22,23). The summed E-state index contributed by atoms with van der Waals surface area (Å²) in [7, 11) is 0. The molecule has 4 nitrogen and oxygen atoms in total. The van der Waals surface area contributed by atoms with Crippen LogP contribution in [0.5, 0.6) is 0 Å². The number of hydrogen-bond acceptors (Lipinski definition) is 2. The molecule has 0 radical (unpaired) electrons. The van der Waals surface area contributed by atoms with Crippen molar-refractivity contribution < 1.29 is 14.7 Å². The molecule has 0 heterocycles. The van der Waals surface area contributed by atoms with E-state index in [1.165, 1.54) is 5.56 Å². The first-order valence-electron chi connectivity index (χ1n) is 7.78. The van der Waals surface area contributed by atoms with E-state index in [1.807, 2.05) is 24.3 Å². The lowest BCUT2D eigenvalue weighted by molar-refractivity contribution is -0.142. The van der Waals surface area contributed by atoms with Gasteiger partial charge >= 0.3 is 5.97 Å². The summed E-state index contributed by atoms with van der Waals surface area (Å²) in [4.78, 5) is 23.3. The number of unbranched alkanes of at least 4 members (excludes halogenated alkanes) is 1. The number of carboxylic acids is 1. The van der Waals surface area contributed by atoms with Crippen molar-refractivity contribution in [2.75, 3.05) is 0 Å². The summed E-state index contributed by atoms with van der Waals surface area (Å²) < 4.78 is 0. The van der Waals surface area contributed by atoms with Crippen LogP contribution in [0.2, 0.25) is 0 Å². The van der Waals surface area contributed by atoms with Crippen molar-refractivity contribution in [2.24, 2.45) is 0 Å². The van der Waals surface area contributed by atoms with Crippen LogP contribution in [0, 0.1) is 0 Å². The third kappa shape index (κ3) is 5.58. The number of hydrogen-bond donors (Lipinski definition) is 2. The fourth-order valence-corrected chi connectivity index (χ4v) is 2.43. The van der Waals surface area contributed by atoms with E-state index in [0.29, 0.717) is 12.0 Å². The predicted molar refractivity (Wildman–Crippen MR) is 89.0 cm³/mol. The molecule has 0 aromatic heterocycles. The predicted octanol–water partition coefficient (Wildman–Crippen LogP) is 3.34. The Morgan fingerprint density at radius 2 is 1.52 bits per heavy atom. The van der Waals surface area contributed by atoms with Crippen molar-refractivity contribution >= 4 is 11.9 Å². The van der Waals surface area contributed by atoms with Gasteiger partial charge in [0.15, 0.2) is 6.04 Å². The van der Waals surface area contributed by atoms with Gasteiger partial charge in [0.1, 0.15) is 0 Å². The summed E-state index contributed by atoms with van der Waals surface area (Å²) in [6.45, 7) is 0. The van der Waals surface area contributed by atoms with Crippen molar-refractivity contribution in [3.8, 4) is 0 Å². The normalized spacial score (nSPS) is 11.7. The van der Waals surface area contributed by atoms with Gasteiger partial charge in [-0.25, -0.2) is 4.79 Å². The average Bonchev–Trinajstić information content (AvgIpc) is 2.58. The molecular weight excluding hydrogens is 290 g/mol. The van der Waals surface area contributed by atoms with Gasteiger partial charge in [-0.3, -0.25) is 4.79 Å². The van der Waals surface area contributed by atoms with Crippen molar-refractivity contribution in [2.45, 2.75) is 31.7 Å². The highest BCUT2D eigenvalue weighted by Crippen LogP contribution is 2.13. The molecule has 0 aliphatic carbocycles. The molecule has 2 aromatic rings. The molecule has 0 fully saturated rings. The van der Waals surface area contributed by atoms with Crippen LogP contribution < -0.4 is 5.32 Å². The van der Waals surface area contributed by atoms with E-state index in [0.717, 1.165) is 19.3 Å². The second-order valence-electron chi connectivity index (χ2n) is 5.44. The Morgan fingerprint density at radius 1 is 0.913 bits per heavy atom. The zero-order valence-electron chi connectivity index (χ0n) is 12.9. The zero-order valence-corrected chi connectivity index (χ0v) is 12.9. The molecule has 0 saturated carbocycles. The highest BCUT2D eigenvalue weighted by Gasteiger charge is 2.21. The molecule has 2 rings (SSSR count). The van der Waals surface area contributed by atoms with E-state index >= 15 is 0 Å². The van der Waals surface area contributed by atoms with E-state index in [-0.39, 0.29) is 5.91 Å². The summed E-state index contributed by atoms with van der Waals surface area (Å²) >= 11 is 0. The topological polar surface area (TPSA) is 66.4 Å². The molecule has 23 heavy (non-hydrogen) atoms. The number of rotatable bonds is 8. The fraction of sp³-hybridized carbons (Fsp3) is 0.263. The van der Waals surface area contributed by atoms with Crippen molar-refractivity contribution in [1.29, 1.82) is 0 Å². The Kier molecular flexibility index (Phi) is 6.36. The number of aliphatic carboxylic acids is 1. The van der Waals surface area contributed by atoms with Gasteiger partial charge in [-0.05, 0) is 30.4 Å². The van der Waals surface area contributed by atoms with Gasteiger partial charge in [0.05, 0.1) is 0 Å². The van der Waals surface area contributed by atoms with Crippen molar-refractivity contribution in [3.63, 3.8) is 0 Å². The number of carbonyl (C=O) groups is 2. The maximum Gasteiger partial charge on any atom is 0.330 e. The molecular formula is C19H21NO3.